The molecule has 0 unspecified atom stereocenters. The summed E-state index contributed by atoms with van der Waals surface area (Å²) in [4.78, 5) is 43.9. The smallest absolute Gasteiger partial charge is 0.209 e. The van der Waals surface area contributed by atoms with Crippen LogP contribution < -0.4 is 0 Å². The van der Waals surface area contributed by atoms with E-state index in [0.29, 0.717) is 12.1 Å². The van der Waals surface area contributed by atoms with Crippen molar-refractivity contribution in [1.29, 1.82) is 0 Å². The molecule has 0 saturated carbocycles. The van der Waals surface area contributed by atoms with Crippen LogP contribution in [0, 0.1) is 11.8 Å². The zero-order valence-corrected chi connectivity index (χ0v) is 24.0. The Kier molecular flexibility index (Phi) is 6.91. The van der Waals surface area contributed by atoms with E-state index in [0.717, 1.165) is 49.7 Å². The number of aliphatic hydroxyl groups excluding tert-OH is 2. The van der Waals surface area contributed by atoms with Crippen LogP contribution in [0.4, 0.5) is 0 Å². The first kappa shape index (κ1) is 28.4. The van der Waals surface area contributed by atoms with Crippen LogP contribution in [0.25, 0.3) is 11.1 Å². The van der Waals surface area contributed by atoms with E-state index in [1.807, 2.05) is 6.07 Å². The van der Waals surface area contributed by atoms with E-state index in [1.54, 1.807) is 31.3 Å². The molecule has 4 atom stereocenters. The number of benzene rings is 1. The van der Waals surface area contributed by atoms with Crippen LogP contribution in [0.3, 0.4) is 0 Å². The maximum Gasteiger partial charge on any atom is 0.209 e. The van der Waals surface area contributed by atoms with Crippen molar-refractivity contribution in [1.82, 2.24) is 9.80 Å². The van der Waals surface area contributed by atoms with Crippen LogP contribution in [-0.4, -0.2) is 86.4 Å². The van der Waals surface area contributed by atoms with Gasteiger partial charge in [-0.2, -0.15) is 0 Å². The topological polar surface area (TPSA) is 152 Å². The molecular weight excluding hydrogens is 540 g/mol. The van der Waals surface area contributed by atoms with Crippen molar-refractivity contribution in [3.05, 3.63) is 64.0 Å². The number of likely N-dealkylation sites (tertiary alicyclic amines) is 1. The SMILES string of the molecule is CC(=O)C1=C(O)[C@@H](N(C)C)[C@@H]2C[C@@H]3Cc4c(-c5ccoc5CN5CCCCC5)ccc(O)c4C(=O)C3=C(O)[C@]2(O)C1=O. The van der Waals surface area contributed by atoms with E-state index in [4.69, 9.17) is 4.42 Å². The Hall–Kier alpha value is -3.73. The minimum Gasteiger partial charge on any atom is -0.510 e. The minimum absolute atomic E-state index is 0.00933. The number of phenols is 1. The van der Waals surface area contributed by atoms with Crippen molar-refractivity contribution in [2.45, 2.75) is 57.2 Å². The third kappa shape index (κ3) is 4.07. The number of carbonyl (C=O) groups excluding carboxylic acids is 3. The van der Waals surface area contributed by atoms with Crippen LogP contribution in [0.5, 0.6) is 5.75 Å². The Morgan fingerprint density at radius 3 is 2.45 bits per heavy atom. The number of aromatic hydroxyl groups is 1. The number of piperidine rings is 1. The molecule has 10 heteroatoms. The van der Waals surface area contributed by atoms with Crippen LogP contribution >= 0.6 is 0 Å². The number of Topliss-reactive ketones (excluding diaryl/α,β-unsaturated/α-hetero) is 3. The number of nitrogens with zero attached hydrogens (tertiary/aromatic N) is 2. The molecule has 0 bridgehead atoms. The molecule has 0 amide bonds. The zero-order valence-electron chi connectivity index (χ0n) is 24.0. The Morgan fingerprint density at radius 2 is 1.79 bits per heavy atom. The first-order valence-electron chi connectivity index (χ1n) is 14.5. The largest absolute Gasteiger partial charge is 0.510 e. The highest BCUT2D eigenvalue weighted by Gasteiger charge is 2.63. The monoisotopic (exact) mass is 576 g/mol. The van der Waals surface area contributed by atoms with E-state index >= 15 is 0 Å². The van der Waals surface area contributed by atoms with Gasteiger partial charge in [0.15, 0.2) is 17.2 Å². The molecule has 10 nitrogen and oxygen atoms in total. The average molecular weight is 577 g/mol. The molecule has 2 heterocycles. The molecular formula is C32H36N2O8. The highest BCUT2D eigenvalue weighted by molar-refractivity contribution is 6.25. The third-order valence-corrected chi connectivity index (χ3v) is 9.56. The van der Waals surface area contributed by atoms with Crippen molar-refractivity contribution in [3.63, 3.8) is 0 Å². The molecule has 4 aliphatic rings. The van der Waals surface area contributed by atoms with E-state index in [1.165, 1.54) is 12.5 Å². The molecule has 1 aliphatic heterocycles. The third-order valence-electron chi connectivity index (χ3n) is 9.56. The molecule has 2 aromatic rings. The molecule has 1 saturated heterocycles. The Bertz CT molecular complexity index is 1560. The van der Waals surface area contributed by atoms with Gasteiger partial charge < -0.3 is 24.8 Å². The van der Waals surface area contributed by atoms with Gasteiger partial charge in [-0.05, 0) is 89.0 Å². The standard InChI is InChI=1S/C32H36N2O8/c1-16(35)24-29(38)27(33(2)3)21-14-17-13-20-18(19-9-12-42-23(19)15-34-10-5-4-6-11-34)7-8-22(36)26(20)28(37)25(17)31(40)32(21,41)30(24)39/h7-9,12,17,21,27,36,38,40-41H,4-6,10-11,13-15H2,1-3H3/t17-,21-,27-,32+/m0/s1. The summed E-state index contributed by atoms with van der Waals surface area (Å²) < 4.78 is 5.90. The van der Waals surface area contributed by atoms with Crippen molar-refractivity contribution in [2.24, 2.45) is 11.8 Å². The summed E-state index contributed by atoms with van der Waals surface area (Å²) in [6.07, 6.45) is 5.40. The van der Waals surface area contributed by atoms with Crippen molar-refractivity contribution < 1.29 is 39.2 Å². The van der Waals surface area contributed by atoms with Gasteiger partial charge in [0.1, 0.15) is 28.6 Å². The first-order chi connectivity index (χ1) is 20.0. The summed E-state index contributed by atoms with van der Waals surface area (Å²) in [5.41, 5.74) is -1.16. The van der Waals surface area contributed by atoms with Gasteiger partial charge in [0.05, 0.1) is 24.4 Å². The lowest BCUT2D eigenvalue weighted by Gasteiger charge is -2.50. The number of hydrogen-bond acceptors (Lipinski definition) is 10. The molecule has 3 aliphatic carbocycles. The van der Waals surface area contributed by atoms with Gasteiger partial charge in [0, 0.05) is 17.1 Å². The van der Waals surface area contributed by atoms with Gasteiger partial charge in [-0.1, -0.05) is 12.5 Å². The molecule has 6 rings (SSSR count). The number of phenolic OH excluding ortho intramolecular Hbond substituents is 1. The number of aliphatic hydroxyl groups is 3. The maximum atomic E-state index is 14.1. The molecule has 1 fully saturated rings. The number of hydrogen-bond donors (Lipinski definition) is 4. The number of likely N-dealkylation sites (N-methyl/N-ethyl adjacent to an activating group) is 1. The molecule has 0 spiro atoms. The quantitative estimate of drug-likeness (QED) is 0.390. The summed E-state index contributed by atoms with van der Waals surface area (Å²) in [7, 11) is 3.29. The molecule has 0 radical (unpaired) electrons. The Balaban J connectivity index is 1.47. The molecule has 42 heavy (non-hydrogen) atoms. The number of fused-ring (bicyclic) bond motifs is 3. The predicted octanol–water partition coefficient (Wildman–Crippen LogP) is 3.47. The van der Waals surface area contributed by atoms with Crippen LogP contribution in [0.15, 0.2) is 51.5 Å². The summed E-state index contributed by atoms with van der Waals surface area (Å²) >= 11 is 0. The fourth-order valence-corrected chi connectivity index (χ4v) is 7.63. The number of furan rings is 1. The average Bonchev–Trinajstić information content (AvgIpc) is 3.38. The van der Waals surface area contributed by atoms with E-state index in [9.17, 15) is 34.8 Å². The number of ketones is 3. The Labute approximate surface area is 243 Å². The highest BCUT2D eigenvalue weighted by Crippen LogP contribution is 2.53. The fourth-order valence-electron chi connectivity index (χ4n) is 7.63. The molecule has 4 N–H and O–H groups in total. The normalized spacial score (nSPS) is 28.2. The summed E-state index contributed by atoms with van der Waals surface area (Å²) in [6.45, 7) is 3.68. The predicted molar refractivity (Wildman–Crippen MR) is 152 cm³/mol. The lowest BCUT2D eigenvalue weighted by Crippen LogP contribution is -2.63. The molecule has 1 aromatic heterocycles. The number of carbonyl (C=O) groups is 3. The van der Waals surface area contributed by atoms with Crippen molar-refractivity contribution in [2.75, 3.05) is 27.2 Å². The lowest BCUT2D eigenvalue weighted by atomic mass is 9.58. The van der Waals surface area contributed by atoms with Gasteiger partial charge >= 0.3 is 0 Å². The van der Waals surface area contributed by atoms with E-state index in [2.05, 4.69) is 4.90 Å². The summed E-state index contributed by atoms with van der Waals surface area (Å²) in [6, 6.07) is 4.10. The van der Waals surface area contributed by atoms with Gasteiger partial charge in [-0.25, -0.2) is 0 Å². The zero-order chi connectivity index (χ0) is 30.1. The second-order valence-corrected chi connectivity index (χ2v) is 12.2. The fraction of sp³-hybridized carbons (Fsp3) is 0.469. The van der Waals surface area contributed by atoms with Crippen LogP contribution in [0.1, 0.15) is 54.3 Å². The van der Waals surface area contributed by atoms with E-state index < -0.39 is 57.9 Å². The van der Waals surface area contributed by atoms with Gasteiger partial charge in [0.25, 0.3) is 0 Å². The maximum absolute atomic E-state index is 14.1. The van der Waals surface area contributed by atoms with Gasteiger partial charge in [-0.15, -0.1) is 0 Å². The van der Waals surface area contributed by atoms with Crippen LogP contribution in [0.2, 0.25) is 0 Å². The van der Waals surface area contributed by atoms with Crippen molar-refractivity contribution in [3.8, 4) is 16.9 Å². The van der Waals surface area contributed by atoms with E-state index in [-0.39, 0.29) is 29.7 Å². The second-order valence-electron chi connectivity index (χ2n) is 12.2. The highest BCUT2D eigenvalue weighted by atomic mass is 16.3. The molecule has 222 valence electrons. The first-order valence-corrected chi connectivity index (χ1v) is 14.5. The Morgan fingerprint density at radius 1 is 1.07 bits per heavy atom. The second kappa shape index (κ2) is 10.2. The minimum atomic E-state index is -2.58. The lowest BCUT2D eigenvalue weighted by molar-refractivity contribution is -0.148. The number of rotatable bonds is 5. The molecule has 1 aromatic carbocycles. The number of allylic oxidation sites excluding steroid dienone is 1. The van der Waals surface area contributed by atoms with Gasteiger partial charge in [-0.3, -0.25) is 24.2 Å². The van der Waals surface area contributed by atoms with Crippen LogP contribution in [-0.2, 0) is 22.6 Å². The summed E-state index contributed by atoms with van der Waals surface area (Å²) in [5.74, 6) is -4.98. The van der Waals surface area contributed by atoms with Gasteiger partial charge in [0.2, 0.25) is 5.78 Å². The summed E-state index contributed by atoms with van der Waals surface area (Å²) in [5, 5.41) is 45.3. The van der Waals surface area contributed by atoms with Crippen molar-refractivity contribution >= 4 is 17.3 Å².